The third-order valence-corrected chi connectivity index (χ3v) is 6.05. The normalized spacial score (nSPS) is 11.5. The topological polar surface area (TPSA) is 106 Å². The fourth-order valence-corrected chi connectivity index (χ4v) is 3.68. The van der Waals surface area contributed by atoms with Gasteiger partial charge in [-0.1, -0.05) is 47.1 Å². The highest BCUT2D eigenvalue weighted by molar-refractivity contribution is 7.88. The van der Waals surface area contributed by atoms with Gasteiger partial charge >= 0.3 is 0 Å². The molecule has 3 rings (SSSR count). The zero-order valence-electron chi connectivity index (χ0n) is 18.5. The lowest BCUT2D eigenvalue weighted by atomic mass is 10.1. The smallest absolute Gasteiger partial charge is 0.246 e. The minimum Gasteiger partial charge on any atom is -0.497 e. The van der Waals surface area contributed by atoms with Crippen LogP contribution in [0.2, 0.25) is 0 Å². The predicted octanol–water partition coefficient (Wildman–Crippen LogP) is 2.47. The number of rotatable bonds is 9. The molecule has 0 saturated carbocycles. The average Bonchev–Trinajstić information content (AvgIpc) is 3.22. The number of nitrogens with zero attached hydrogens (tertiary/aromatic N) is 4. The highest BCUT2D eigenvalue weighted by atomic mass is 32.2. The Morgan fingerprint density at radius 1 is 1.12 bits per heavy atom. The van der Waals surface area contributed by atoms with Crippen molar-refractivity contribution < 1.29 is 22.5 Å². The van der Waals surface area contributed by atoms with Gasteiger partial charge in [0.05, 0.1) is 26.5 Å². The van der Waals surface area contributed by atoms with E-state index in [1.807, 2.05) is 43.3 Å². The van der Waals surface area contributed by atoms with Crippen LogP contribution in [-0.4, -0.2) is 60.6 Å². The molecule has 0 bridgehead atoms. The van der Waals surface area contributed by atoms with Crippen LogP contribution in [0.3, 0.4) is 0 Å². The minimum absolute atomic E-state index is 0.0535. The first kappa shape index (κ1) is 23.4. The van der Waals surface area contributed by atoms with Gasteiger partial charge in [-0.25, -0.2) is 8.42 Å². The summed E-state index contributed by atoms with van der Waals surface area (Å²) < 4.78 is 36.1. The highest BCUT2D eigenvalue weighted by Gasteiger charge is 2.23. The fourth-order valence-electron chi connectivity index (χ4n) is 2.95. The summed E-state index contributed by atoms with van der Waals surface area (Å²) in [6.45, 7) is 1.82. The lowest BCUT2D eigenvalue weighted by Gasteiger charge is -2.23. The van der Waals surface area contributed by atoms with Crippen molar-refractivity contribution in [1.29, 1.82) is 0 Å². The van der Waals surface area contributed by atoms with E-state index in [1.165, 1.54) is 4.90 Å². The monoisotopic (exact) mass is 458 g/mol. The van der Waals surface area contributed by atoms with Crippen LogP contribution >= 0.6 is 0 Å². The second kappa shape index (κ2) is 9.92. The molecule has 0 aliphatic rings. The van der Waals surface area contributed by atoms with Crippen LogP contribution in [0.15, 0.2) is 53.1 Å². The van der Waals surface area contributed by atoms with Crippen molar-refractivity contribution in [2.75, 3.05) is 27.0 Å². The molecule has 0 aliphatic heterocycles. The molecule has 0 saturated heterocycles. The van der Waals surface area contributed by atoms with Gasteiger partial charge in [-0.05, 0) is 24.6 Å². The Morgan fingerprint density at radius 3 is 2.50 bits per heavy atom. The maximum atomic E-state index is 12.7. The molecule has 1 aromatic heterocycles. The van der Waals surface area contributed by atoms with E-state index in [9.17, 15) is 13.2 Å². The van der Waals surface area contributed by atoms with Gasteiger partial charge in [-0.2, -0.15) is 9.29 Å². The quantitative estimate of drug-likeness (QED) is 0.485. The number of ether oxygens (including phenoxy) is 1. The molecule has 2 aromatic carbocycles. The van der Waals surface area contributed by atoms with Crippen LogP contribution in [0.4, 0.5) is 0 Å². The number of carbonyl (C=O) groups is 1. The van der Waals surface area contributed by atoms with Crippen LogP contribution in [0, 0.1) is 6.92 Å². The van der Waals surface area contributed by atoms with E-state index in [0.29, 0.717) is 11.6 Å². The lowest BCUT2D eigenvalue weighted by molar-refractivity contribution is -0.131. The molecule has 3 aromatic rings. The number of hydrogen-bond donors (Lipinski definition) is 0. The van der Waals surface area contributed by atoms with Crippen molar-refractivity contribution in [3.63, 3.8) is 0 Å². The van der Waals surface area contributed by atoms with Gasteiger partial charge < -0.3 is 14.2 Å². The second-order valence-electron chi connectivity index (χ2n) is 7.51. The molecule has 32 heavy (non-hydrogen) atoms. The van der Waals surface area contributed by atoms with Crippen molar-refractivity contribution in [1.82, 2.24) is 19.3 Å². The molecule has 0 N–H and O–H groups in total. The number of carbonyl (C=O) groups excluding carboxylic acids is 1. The molecule has 1 heterocycles. The predicted molar refractivity (Wildman–Crippen MR) is 119 cm³/mol. The Kier molecular flexibility index (Phi) is 7.26. The fraction of sp³-hybridized carbons (Fsp3) is 0.318. The molecule has 9 nitrogen and oxygen atoms in total. The summed E-state index contributed by atoms with van der Waals surface area (Å²) in [6.07, 6.45) is 1.09. The first-order valence-corrected chi connectivity index (χ1v) is 11.7. The van der Waals surface area contributed by atoms with E-state index >= 15 is 0 Å². The molecule has 1 amide bonds. The van der Waals surface area contributed by atoms with E-state index in [0.717, 1.165) is 27.3 Å². The summed E-state index contributed by atoms with van der Waals surface area (Å²) in [7, 11) is -0.462. The van der Waals surface area contributed by atoms with Crippen molar-refractivity contribution >= 4 is 15.9 Å². The Labute approximate surface area is 187 Å². The second-order valence-corrected chi connectivity index (χ2v) is 9.49. The molecule has 0 atom stereocenters. The maximum Gasteiger partial charge on any atom is 0.246 e. The van der Waals surface area contributed by atoms with Crippen molar-refractivity contribution in [2.24, 2.45) is 0 Å². The van der Waals surface area contributed by atoms with Gasteiger partial charge in [-0.15, -0.1) is 0 Å². The van der Waals surface area contributed by atoms with E-state index in [4.69, 9.17) is 9.26 Å². The Balaban J connectivity index is 1.66. The number of methoxy groups -OCH3 is 1. The van der Waals surface area contributed by atoms with E-state index < -0.39 is 10.0 Å². The van der Waals surface area contributed by atoms with E-state index in [-0.39, 0.29) is 31.4 Å². The summed E-state index contributed by atoms with van der Waals surface area (Å²) in [5, 5.41) is 3.95. The standard InChI is InChI=1S/C22H26N4O5S/c1-16-8-10-17(11-9-16)13-26(32(4,28)29)15-21(27)25(2)14-20-23-22(24-31-20)18-6-5-7-19(12-18)30-3/h5-12H,13-15H2,1-4H3. The van der Waals surface area contributed by atoms with Gasteiger partial charge in [0, 0.05) is 19.2 Å². The number of aromatic nitrogens is 2. The number of aryl methyl sites for hydroxylation is 1. The Bertz CT molecular complexity index is 1180. The van der Waals surface area contributed by atoms with Gasteiger partial charge in [0.2, 0.25) is 27.6 Å². The zero-order valence-corrected chi connectivity index (χ0v) is 19.3. The third-order valence-electron chi connectivity index (χ3n) is 4.85. The SMILES string of the molecule is COc1cccc(-c2noc(CN(C)C(=O)CN(Cc3ccc(C)cc3)S(C)(=O)=O)n2)c1. The summed E-state index contributed by atoms with van der Waals surface area (Å²) in [5.41, 5.74) is 2.59. The van der Waals surface area contributed by atoms with E-state index in [2.05, 4.69) is 10.1 Å². The van der Waals surface area contributed by atoms with Crippen LogP contribution in [-0.2, 0) is 27.9 Å². The maximum absolute atomic E-state index is 12.7. The summed E-state index contributed by atoms with van der Waals surface area (Å²) >= 11 is 0. The first-order chi connectivity index (χ1) is 15.2. The number of amides is 1. The first-order valence-electron chi connectivity index (χ1n) is 9.87. The van der Waals surface area contributed by atoms with E-state index in [1.54, 1.807) is 26.3 Å². The molecule has 0 fully saturated rings. The molecule has 10 heteroatoms. The number of benzene rings is 2. The lowest BCUT2D eigenvalue weighted by Crippen LogP contribution is -2.40. The van der Waals surface area contributed by atoms with Crippen LogP contribution in [0.5, 0.6) is 5.75 Å². The molecule has 0 radical (unpaired) electrons. The number of sulfonamides is 1. The molecule has 170 valence electrons. The summed E-state index contributed by atoms with van der Waals surface area (Å²) in [4.78, 5) is 18.4. The van der Waals surface area contributed by atoms with Crippen LogP contribution in [0.25, 0.3) is 11.4 Å². The van der Waals surface area contributed by atoms with Gasteiger partial charge in [0.25, 0.3) is 0 Å². The van der Waals surface area contributed by atoms with Gasteiger partial charge in [-0.3, -0.25) is 4.79 Å². The molecule has 0 unspecified atom stereocenters. The van der Waals surface area contributed by atoms with Crippen molar-refractivity contribution in [3.05, 3.63) is 65.5 Å². The Hall–Kier alpha value is -3.24. The highest BCUT2D eigenvalue weighted by Crippen LogP contribution is 2.21. The van der Waals surface area contributed by atoms with Gasteiger partial charge in [0.1, 0.15) is 5.75 Å². The Morgan fingerprint density at radius 2 is 1.84 bits per heavy atom. The zero-order chi connectivity index (χ0) is 23.3. The molecular formula is C22H26N4O5S. The summed E-state index contributed by atoms with van der Waals surface area (Å²) in [6, 6.07) is 14.7. The average molecular weight is 459 g/mol. The minimum atomic E-state index is -3.59. The van der Waals surface area contributed by atoms with Crippen LogP contribution < -0.4 is 4.74 Å². The van der Waals surface area contributed by atoms with Crippen molar-refractivity contribution in [3.8, 4) is 17.1 Å². The summed E-state index contributed by atoms with van der Waals surface area (Å²) in [5.74, 6) is 0.888. The molecule has 0 aliphatic carbocycles. The molecular weight excluding hydrogens is 432 g/mol. The van der Waals surface area contributed by atoms with Crippen molar-refractivity contribution in [2.45, 2.75) is 20.0 Å². The third kappa shape index (κ3) is 6.14. The van der Waals surface area contributed by atoms with Gasteiger partial charge in [0.15, 0.2) is 0 Å². The number of hydrogen-bond acceptors (Lipinski definition) is 7. The largest absolute Gasteiger partial charge is 0.497 e. The number of likely N-dealkylation sites (N-methyl/N-ethyl adjacent to an activating group) is 1. The molecule has 0 spiro atoms. The van der Waals surface area contributed by atoms with Crippen LogP contribution in [0.1, 0.15) is 17.0 Å².